The van der Waals surface area contributed by atoms with E-state index >= 15 is 0 Å². The Hall–Kier alpha value is -3.15. The first-order valence-electron chi connectivity index (χ1n) is 7.10. The summed E-state index contributed by atoms with van der Waals surface area (Å²) in [4.78, 5) is 16.6. The number of ether oxygens (including phenoxy) is 1. The van der Waals surface area contributed by atoms with Crippen LogP contribution in [0.4, 0.5) is 0 Å². The normalized spacial score (nSPS) is 11.2. The van der Waals surface area contributed by atoms with E-state index < -0.39 is 5.63 Å². The quantitative estimate of drug-likeness (QED) is 0.533. The number of methoxy groups -OCH3 is 1. The van der Waals surface area contributed by atoms with Crippen LogP contribution in [0.2, 0.25) is 0 Å². The van der Waals surface area contributed by atoms with Gasteiger partial charge in [-0.2, -0.15) is 5.10 Å². The molecule has 0 aliphatic carbocycles. The molecule has 0 bridgehead atoms. The Balaban J connectivity index is 2.14. The van der Waals surface area contributed by atoms with Crippen molar-refractivity contribution >= 4 is 21.9 Å². The van der Waals surface area contributed by atoms with Gasteiger partial charge in [0.1, 0.15) is 22.2 Å². The van der Waals surface area contributed by atoms with Gasteiger partial charge >= 0.3 is 5.63 Å². The van der Waals surface area contributed by atoms with Crippen LogP contribution in [0.25, 0.3) is 27.7 Å². The third-order valence-electron chi connectivity index (χ3n) is 3.83. The van der Waals surface area contributed by atoms with Crippen LogP contribution in [0, 0.1) is 6.92 Å². The van der Waals surface area contributed by atoms with Crippen LogP contribution >= 0.6 is 0 Å². The average molecular weight is 307 g/mol. The monoisotopic (exact) mass is 307 g/mol. The number of benzene rings is 1. The van der Waals surface area contributed by atoms with Crippen molar-refractivity contribution in [2.45, 2.75) is 6.92 Å². The Labute approximate surface area is 130 Å². The molecule has 4 rings (SSSR count). The van der Waals surface area contributed by atoms with Gasteiger partial charge in [0.25, 0.3) is 0 Å². The van der Waals surface area contributed by atoms with E-state index in [1.807, 2.05) is 31.2 Å². The van der Waals surface area contributed by atoms with E-state index in [9.17, 15) is 4.79 Å². The lowest BCUT2D eigenvalue weighted by Gasteiger charge is -2.01. The highest BCUT2D eigenvalue weighted by atomic mass is 16.5. The lowest BCUT2D eigenvalue weighted by atomic mass is 10.1. The number of fused-ring (bicyclic) bond motifs is 3. The number of aromatic nitrogens is 3. The van der Waals surface area contributed by atoms with E-state index in [2.05, 4.69) is 10.1 Å². The molecule has 0 radical (unpaired) electrons. The molecule has 0 fully saturated rings. The molecule has 0 aliphatic rings. The SMILES string of the molecule is COc1ccc2oc(=O)c3c(C)n(-c4ccccn4)nc3c2c1. The van der Waals surface area contributed by atoms with Gasteiger partial charge in [0.05, 0.1) is 12.8 Å². The summed E-state index contributed by atoms with van der Waals surface area (Å²) in [7, 11) is 1.59. The first-order valence-corrected chi connectivity index (χ1v) is 7.10. The number of aryl methyl sites for hydroxylation is 1. The fourth-order valence-corrected chi connectivity index (χ4v) is 2.70. The van der Waals surface area contributed by atoms with Gasteiger partial charge < -0.3 is 9.15 Å². The van der Waals surface area contributed by atoms with Crippen molar-refractivity contribution in [3.63, 3.8) is 0 Å². The smallest absolute Gasteiger partial charge is 0.347 e. The molecule has 1 aromatic carbocycles. The number of hydrogen-bond acceptors (Lipinski definition) is 5. The van der Waals surface area contributed by atoms with E-state index in [1.165, 1.54) is 0 Å². The lowest BCUT2D eigenvalue weighted by molar-refractivity contribution is 0.415. The highest BCUT2D eigenvalue weighted by molar-refractivity contribution is 6.03. The fraction of sp³-hybridized carbons (Fsp3) is 0.118. The largest absolute Gasteiger partial charge is 0.497 e. The third kappa shape index (κ3) is 1.99. The van der Waals surface area contributed by atoms with Crippen LogP contribution in [0.1, 0.15) is 5.69 Å². The van der Waals surface area contributed by atoms with Gasteiger partial charge in [0.15, 0.2) is 5.82 Å². The first kappa shape index (κ1) is 13.5. The zero-order chi connectivity index (χ0) is 16.0. The van der Waals surface area contributed by atoms with E-state index in [0.717, 1.165) is 5.39 Å². The molecule has 6 nitrogen and oxygen atoms in total. The topological polar surface area (TPSA) is 70.2 Å². The third-order valence-corrected chi connectivity index (χ3v) is 3.83. The number of rotatable bonds is 2. The molecule has 3 aromatic heterocycles. The zero-order valence-corrected chi connectivity index (χ0v) is 12.6. The van der Waals surface area contributed by atoms with E-state index in [0.29, 0.717) is 33.7 Å². The summed E-state index contributed by atoms with van der Waals surface area (Å²) in [5.41, 5.74) is 1.35. The standard InChI is InChI=1S/C17H13N3O3/c1-10-15-16(19-20(10)14-5-3-4-8-18-14)12-9-11(22-2)6-7-13(12)23-17(15)21/h3-9H,1-2H3. The second kappa shape index (κ2) is 4.95. The summed E-state index contributed by atoms with van der Waals surface area (Å²) >= 11 is 0. The molecule has 0 saturated carbocycles. The predicted octanol–water partition coefficient (Wildman–Crippen LogP) is 2.84. The Morgan fingerprint density at radius 2 is 2.09 bits per heavy atom. The molecule has 6 heteroatoms. The maximum atomic E-state index is 12.3. The highest BCUT2D eigenvalue weighted by Gasteiger charge is 2.17. The maximum absolute atomic E-state index is 12.3. The van der Waals surface area contributed by atoms with Crippen molar-refractivity contribution in [1.82, 2.24) is 14.8 Å². The van der Waals surface area contributed by atoms with Gasteiger partial charge in [-0.1, -0.05) is 6.07 Å². The summed E-state index contributed by atoms with van der Waals surface area (Å²) in [5, 5.41) is 5.77. The molecule has 0 amide bonds. The molecule has 3 heterocycles. The molecule has 0 saturated heterocycles. The number of hydrogen-bond donors (Lipinski definition) is 0. The van der Waals surface area contributed by atoms with Gasteiger partial charge in [-0.3, -0.25) is 0 Å². The van der Waals surface area contributed by atoms with Crippen molar-refractivity contribution in [3.8, 4) is 11.6 Å². The minimum absolute atomic E-state index is 0.405. The minimum Gasteiger partial charge on any atom is -0.497 e. The Kier molecular flexibility index (Phi) is 2.90. The number of pyridine rings is 1. The Morgan fingerprint density at radius 1 is 1.22 bits per heavy atom. The van der Waals surface area contributed by atoms with Crippen molar-refractivity contribution in [3.05, 3.63) is 58.7 Å². The molecule has 0 unspecified atom stereocenters. The van der Waals surface area contributed by atoms with Gasteiger partial charge in [0.2, 0.25) is 0 Å². The first-order chi connectivity index (χ1) is 11.2. The summed E-state index contributed by atoms with van der Waals surface area (Å²) in [6.45, 7) is 1.83. The summed E-state index contributed by atoms with van der Waals surface area (Å²) in [5.74, 6) is 1.33. The molecular formula is C17H13N3O3. The van der Waals surface area contributed by atoms with Crippen molar-refractivity contribution in [1.29, 1.82) is 0 Å². The predicted molar refractivity (Wildman–Crippen MR) is 86.2 cm³/mol. The zero-order valence-electron chi connectivity index (χ0n) is 12.6. The molecular weight excluding hydrogens is 294 g/mol. The second-order valence-corrected chi connectivity index (χ2v) is 5.16. The Morgan fingerprint density at radius 3 is 2.83 bits per heavy atom. The summed E-state index contributed by atoms with van der Waals surface area (Å²) in [6.07, 6.45) is 1.69. The minimum atomic E-state index is -0.405. The molecule has 23 heavy (non-hydrogen) atoms. The number of nitrogens with zero attached hydrogens (tertiary/aromatic N) is 3. The second-order valence-electron chi connectivity index (χ2n) is 5.16. The molecule has 0 atom stereocenters. The van der Waals surface area contributed by atoms with Crippen LogP contribution in [0.3, 0.4) is 0 Å². The fourth-order valence-electron chi connectivity index (χ4n) is 2.70. The van der Waals surface area contributed by atoms with Crippen LogP contribution in [-0.4, -0.2) is 21.9 Å². The molecule has 114 valence electrons. The van der Waals surface area contributed by atoms with E-state index in [1.54, 1.807) is 30.1 Å². The van der Waals surface area contributed by atoms with E-state index in [4.69, 9.17) is 9.15 Å². The Bertz CT molecular complexity index is 1080. The van der Waals surface area contributed by atoms with Crippen molar-refractivity contribution < 1.29 is 9.15 Å². The van der Waals surface area contributed by atoms with Gasteiger partial charge in [0, 0.05) is 11.6 Å². The average Bonchev–Trinajstić information content (AvgIpc) is 2.94. The summed E-state index contributed by atoms with van der Waals surface area (Å²) in [6, 6.07) is 10.8. The van der Waals surface area contributed by atoms with Crippen molar-refractivity contribution in [2.24, 2.45) is 0 Å². The molecule has 0 N–H and O–H groups in total. The van der Waals surface area contributed by atoms with E-state index in [-0.39, 0.29) is 0 Å². The maximum Gasteiger partial charge on any atom is 0.347 e. The molecule has 0 aliphatic heterocycles. The van der Waals surface area contributed by atoms with Gasteiger partial charge in [-0.05, 0) is 37.3 Å². The van der Waals surface area contributed by atoms with Crippen LogP contribution in [-0.2, 0) is 0 Å². The van der Waals surface area contributed by atoms with Crippen LogP contribution in [0.5, 0.6) is 5.75 Å². The summed E-state index contributed by atoms with van der Waals surface area (Å²) < 4.78 is 12.3. The highest BCUT2D eigenvalue weighted by Crippen LogP contribution is 2.28. The molecule has 0 spiro atoms. The van der Waals surface area contributed by atoms with Crippen LogP contribution in [0.15, 0.2) is 51.8 Å². The van der Waals surface area contributed by atoms with Gasteiger partial charge in [-0.25, -0.2) is 14.5 Å². The van der Waals surface area contributed by atoms with Gasteiger partial charge in [-0.15, -0.1) is 0 Å². The molecule has 4 aromatic rings. The van der Waals surface area contributed by atoms with Crippen molar-refractivity contribution in [2.75, 3.05) is 7.11 Å². The lowest BCUT2D eigenvalue weighted by Crippen LogP contribution is -2.02. The van der Waals surface area contributed by atoms with Crippen LogP contribution < -0.4 is 10.4 Å².